The first-order valence-electron chi connectivity index (χ1n) is 13.0. The van der Waals surface area contributed by atoms with E-state index in [2.05, 4.69) is 42.3 Å². The highest BCUT2D eigenvalue weighted by atomic mass is 32.1. The maximum atomic E-state index is 13.6. The minimum atomic E-state index is -0.139. The third-order valence-corrected chi connectivity index (χ3v) is 8.23. The summed E-state index contributed by atoms with van der Waals surface area (Å²) in [4.78, 5) is 33.6. The van der Waals surface area contributed by atoms with Gasteiger partial charge in [-0.1, -0.05) is 32.9 Å². The number of hydrogen-bond donors (Lipinski definition) is 0. The largest absolute Gasteiger partial charge is 0.491 e. The van der Waals surface area contributed by atoms with Crippen molar-refractivity contribution in [1.82, 2.24) is 14.7 Å². The number of carbonyl (C=O) groups excluding carboxylic acids is 2. The minimum Gasteiger partial charge on any atom is -0.491 e. The summed E-state index contributed by atoms with van der Waals surface area (Å²) in [5, 5.41) is 2.10. The molecular weight excluding hydrogens is 458 g/mol. The summed E-state index contributed by atoms with van der Waals surface area (Å²) >= 11 is 1.75. The highest BCUT2D eigenvalue weighted by Crippen LogP contribution is 2.34. The van der Waals surface area contributed by atoms with E-state index in [0.29, 0.717) is 32.0 Å². The quantitative estimate of drug-likeness (QED) is 0.477. The van der Waals surface area contributed by atoms with Crippen LogP contribution in [0.3, 0.4) is 0 Å². The molecule has 1 fully saturated rings. The van der Waals surface area contributed by atoms with Crippen molar-refractivity contribution in [1.29, 1.82) is 0 Å². The second-order valence-corrected chi connectivity index (χ2v) is 10.9. The Hall–Kier alpha value is -2.38. The fourth-order valence-electron chi connectivity index (χ4n) is 5.04. The number of fused-ring (bicyclic) bond motifs is 1. The van der Waals surface area contributed by atoms with Gasteiger partial charge in [0.2, 0.25) is 11.8 Å². The molecule has 190 valence electrons. The Balaban J connectivity index is 1.44. The molecule has 0 spiro atoms. The van der Waals surface area contributed by atoms with Gasteiger partial charge in [0.25, 0.3) is 0 Å². The fraction of sp³-hybridized carbons (Fsp3) is 0.571. The van der Waals surface area contributed by atoms with Crippen molar-refractivity contribution in [3.05, 3.63) is 51.7 Å². The molecular formula is C28H39N3O3S. The lowest BCUT2D eigenvalue weighted by Gasteiger charge is -2.37. The summed E-state index contributed by atoms with van der Waals surface area (Å²) in [7, 11) is 0. The molecule has 1 atom stereocenters. The van der Waals surface area contributed by atoms with Crippen molar-refractivity contribution in [3.8, 4) is 5.75 Å². The molecule has 3 heterocycles. The summed E-state index contributed by atoms with van der Waals surface area (Å²) in [6.45, 7) is 11.1. The molecule has 4 rings (SSSR count). The predicted octanol–water partition coefficient (Wildman–Crippen LogP) is 4.71. The molecule has 1 aromatic carbocycles. The average molecular weight is 498 g/mol. The molecule has 0 bridgehead atoms. The van der Waals surface area contributed by atoms with Gasteiger partial charge in [0.15, 0.2) is 0 Å². The molecule has 7 heteroatoms. The standard InChI is InChI=1S/C28H39N3O3S/c1-4-27(32)30(17-16-29-13-5-6-14-29)19-28(33)31-15-11-26-24(12-18-35-26)25(31)20-34-23-9-7-22(8-10-23)21(2)3/h7-10,12,18,21,25H,4-6,11,13-17,19-20H2,1-3H3. The van der Waals surface area contributed by atoms with Crippen LogP contribution in [0.4, 0.5) is 0 Å². The zero-order chi connectivity index (χ0) is 24.8. The molecule has 35 heavy (non-hydrogen) atoms. The SMILES string of the molecule is CCC(=O)N(CCN1CCCC1)CC(=O)N1CCc2sccc2C1COc1ccc(C(C)C)cc1. The molecule has 2 amide bonds. The lowest BCUT2D eigenvalue weighted by molar-refractivity contribution is -0.142. The van der Waals surface area contributed by atoms with Crippen LogP contribution in [0.2, 0.25) is 0 Å². The van der Waals surface area contributed by atoms with E-state index in [1.807, 2.05) is 24.0 Å². The summed E-state index contributed by atoms with van der Waals surface area (Å²) in [6, 6.07) is 10.2. The van der Waals surface area contributed by atoms with Gasteiger partial charge in [0.05, 0.1) is 12.6 Å². The number of hydrogen-bond acceptors (Lipinski definition) is 5. The Bertz CT molecular complexity index is 982. The highest BCUT2D eigenvalue weighted by molar-refractivity contribution is 7.10. The first kappa shape index (κ1) is 25.7. The van der Waals surface area contributed by atoms with E-state index in [1.54, 1.807) is 16.2 Å². The topological polar surface area (TPSA) is 53.1 Å². The van der Waals surface area contributed by atoms with Crippen molar-refractivity contribution in [2.45, 2.75) is 58.4 Å². The highest BCUT2D eigenvalue weighted by Gasteiger charge is 2.33. The lowest BCUT2D eigenvalue weighted by atomic mass is 10.00. The molecule has 1 aromatic heterocycles. The van der Waals surface area contributed by atoms with Gasteiger partial charge in [0.1, 0.15) is 12.4 Å². The van der Waals surface area contributed by atoms with Crippen LogP contribution in [0, 0.1) is 0 Å². The summed E-state index contributed by atoms with van der Waals surface area (Å²) in [5.74, 6) is 1.35. The number of thiophene rings is 1. The van der Waals surface area contributed by atoms with E-state index >= 15 is 0 Å². The van der Waals surface area contributed by atoms with Gasteiger partial charge in [0, 0.05) is 30.9 Å². The van der Waals surface area contributed by atoms with Gasteiger partial charge in [-0.25, -0.2) is 0 Å². The first-order valence-corrected chi connectivity index (χ1v) is 13.9. The van der Waals surface area contributed by atoms with Crippen molar-refractivity contribution in [2.24, 2.45) is 0 Å². The van der Waals surface area contributed by atoms with E-state index in [1.165, 1.54) is 28.8 Å². The number of carbonyl (C=O) groups is 2. The number of benzene rings is 1. The fourth-order valence-corrected chi connectivity index (χ4v) is 5.96. The second-order valence-electron chi connectivity index (χ2n) is 9.90. The number of likely N-dealkylation sites (tertiary alicyclic amines) is 1. The molecule has 0 aliphatic carbocycles. The summed E-state index contributed by atoms with van der Waals surface area (Å²) < 4.78 is 6.20. The van der Waals surface area contributed by atoms with Crippen LogP contribution in [0.25, 0.3) is 0 Å². The zero-order valence-electron chi connectivity index (χ0n) is 21.4. The van der Waals surface area contributed by atoms with E-state index in [9.17, 15) is 9.59 Å². The van der Waals surface area contributed by atoms with Crippen LogP contribution in [0.1, 0.15) is 68.0 Å². The van der Waals surface area contributed by atoms with Crippen LogP contribution in [0.5, 0.6) is 5.75 Å². The van der Waals surface area contributed by atoms with E-state index in [-0.39, 0.29) is 24.4 Å². The van der Waals surface area contributed by atoms with Crippen molar-refractivity contribution < 1.29 is 14.3 Å². The Morgan fingerprint density at radius 2 is 1.86 bits per heavy atom. The number of rotatable bonds is 10. The van der Waals surface area contributed by atoms with Crippen LogP contribution in [-0.2, 0) is 16.0 Å². The third-order valence-electron chi connectivity index (χ3n) is 7.24. The number of ether oxygens (including phenoxy) is 1. The molecule has 0 saturated carbocycles. The lowest BCUT2D eigenvalue weighted by Crippen LogP contribution is -2.49. The van der Waals surface area contributed by atoms with Gasteiger partial charge in [-0.05, 0) is 73.0 Å². The Labute approximate surface area is 213 Å². The molecule has 0 N–H and O–H groups in total. The van der Waals surface area contributed by atoms with Gasteiger partial charge < -0.3 is 19.4 Å². The Morgan fingerprint density at radius 1 is 1.11 bits per heavy atom. The minimum absolute atomic E-state index is 0.00817. The number of nitrogens with zero attached hydrogens (tertiary/aromatic N) is 3. The van der Waals surface area contributed by atoms with E-state index < -0.39 is 0 Å². The van der Waals surface area contributed by atoms with Gasteiger partial charge in [-0.2, -0.15) is 0 Å². The Kier molecular flexibility index (Phi) is 8.84. The third kappa shape index (κ3) is 6.44. The second kappa shape index (κ2) is 12.0. The number of amides is 2. The Morgan fingerprint density at radius 3 is 2.54 bits per heavy atom. The monoisotopic (exact) mass is 497 g/mol. The van der Waals surface area contributed by atoms with Crippen LogP contribution in [0.15, 0.2) is 35.7 Å². The zero-order valence-corrected chi connectivity index (χ0v) is 22.2. The molecule has 0 radical (unpaired) electrons. The van der Waals surface area contributed by atoms with Crippen LogP contribution >= 0.6 is 11.3 Å². The average Bonchev–Trinajstić information content (AvgIpc) is 3.56. The van der Waals surface area contributed by atoms with E-state index in [0.717, 1.165) is 31.8 Å². The molecule has 2 aliphatic rings. The van der Waals surface area contributed by atoms with Crippen molar-refractivity contribution >= 4 is 23.2 Å². The normalized spacial score (nSPS) is 18.1. The van der Waals surface area contributed by atoms with Gasteiger partial charge in [-0.15, -0.1) is 11.3 Å². The van der Waals surface area contributed by atoms with Crippen molar-refractivity contribution in [2.75, 3.05) is 45.9 Å². The van der Waals surface area contributed by atoms with Crippen LogP contribution in [-0.4, -0.2) is 72.4 Å². The molecule has 2 aliphatic heterocycles. The van der Waals surface area contributed by atoms with Gasteiger partial charge >= 0.3 is 0 Å². The first-order chi connectivity index (χ1) is 17.0. The maximum Gasteiger partial charge on any atom is 0.242 e. The van der Waals surface area contributed by atoms with Crippen molar-refractivity contribution in [3.63, 3.8) is 0 Å². The smallest absolute Gasteiger partial charge is 0.242 e. The predicted molar refractivity (Wildman–Crippen MR) is 141 cm³/mol. The summed E-state index contributed by atoms with van der Waals surface area (Å²) in [6.07, 6.45) is 3.72. The molecule has 2 aromatic rings. The van der Waals surface area contributed by atoms with E-state index in [4.69, 9.17) is 4.74 Å². The molecule has 1 saturated heterocycles. The molecule has 6 nitrogen and oxygen atoms in total. The summed E-state index contributed by atoms with van der Waals surface area (Å²) in [5.41, 5.74) is 2.46. The van der Waals surface area contributed by atoms with Gasteiger partial charge in [-0.3, -0.25) is 9.59 Å². The van der Waals surface area contributed by atoms with Crippen LogP contribution < -0.4 is 4.74 Å². The maximum absolute atomic E-state index is 13.6. The molecule has 1 unspecified atom stereocenters.